The Hall–Kier alpha value is -12.1. The van der Waals surface area contributed by atoms with Crippen LogP contribution in [0.25, 0.3) is 0 Å². The summed E-state index contributed by atoms with van der Waals surface area (Å²) in [7, 11) is 0. The van der Waals surface area contributed by atoms with Gasteiger partial charge in [-0.3, -0.25) is 38.4 Å². The van der Waals surface area contributed by atoms with E-state index in [1.54, 1.807) is 54.6 Å². The molecule has 618 valence electrons. The van der Waals surface area contributed by atoms with Gasteiger partial charge in [0, 0.05) is 61.4 Å². The van der Waals surface area contributed by atoms with Gasteiger partial charge >= 0.3 is 72.3 Å². The number of para-hydroxylation sites is 5. The first-order valence-electron chi connectivity index (χ1n) is 35.9. The highest BCUT2D eigenvalue weighted by atomic mass is 16.8. The van der Waals surface area contributed by atoms with E-state index in [1.807, 2.05) is 0 Å². The Morgan fingerprint density at radius 3 is 1.23 bits per heavy atom. The fourth-order valence-corrected chi connectivity index (χ4v) is 12.7. The number of benzene rings is 5. The van der Waals surface area contributed by atoms with Crippen molar-refractivity contribution in [2.75, 3.05) is 26.3 Å². The molecule has 5 aromatic rings. The van der Waals surface area contributed by atoms with Crippen molar-refractivity contribution in [3.05, 3.63) is 152 Å². The molecule has 0 radical (unpaired) electrons. The second-order valence-corrected chi connectivity index (χ2v) is 25.9. The molecular weight excluding hydrogens is 1520 g/mol. The van der Waals surface area contributed by atoms with Gasteiger partial charge in [0.25, 0.3) is 5.91 Å². The van der Waals surface area contributed by atoms with Crippen LogP contribution in [0.1, 0.15) is 61.3 Å². The van der Waals surface area contributed by atoms with Gasteiger partial charge < -0.3 is 127 Å². The maximum atomic E-state index is 15.1. The predicted molar refractivity (Wildman–Crippen MR) is 384 cm³/mol. The van der Waals surface area contributed by atoms with Gasteiger partial charge in [0.1, 0.15) is 90.2 Å². The van der Waals surface area contributed by atoms with Gasteiger partial charge in [-0.2, -0.15) is 0 Å². The van der Waals surface area contributed by atoms with Crippen molar-refractivity contribution in [3.8, 4) is 28.7 Å². The SMILES string of the molecule is CC(=O)OC[C@H]1O[C@@H](O[C@@H]2[C@@H](OC(C)=O)[C@H](NC(=O)[C@@H](CCNC(=O)Oc3ccccc3)OC(C)=O)C[C@H](NC(=O)Oc3ccccc3)[C@H]2O[C@H]2O[C@H](CO)[C@@H](O)[C@H](OC(C)=O)[C@H]2NC(=O)Oc2ccccc2)[C@H](OC(C)=O)[C@@H]1O[C@H]1O[C@@H](CNC(=O)Oc2ccccc2)[C@@H](OC(C)=O)[C@H](OC(C)=O)[C@H]1NC(=O)Oc1ccccc1. The van der Waals surface area contributed by atoms with Crippen molar-refractivity contribution in [2.45, 2.75) is 184 Å². The molecule has 8 N–H and O–H groups in total. The number of hydrogen-bond acceptors (Lipinski definition) is 33. The Balaban J connectivity index is 1.19. The molecule has 6 amide bonds. The quantitative estimate of drug-likeness (QED) is 0.0242. The summed E-state index contributed by atoms with van der Waals surface area (Å²) in [6, 6.07) is 30.4. The van der Waals surface area contributed by atoms with Crippen LogP contribution < -0.4 is 55.6 Å². The van der Waals surface area contributed by atoms with E-state index >= 15 is 4.79 Å². The molecule has 0 spiro atoms. The summed E-state index contributed by atoms with van der Waals surface area (Å²) >= 11 is 0. The van der Waals surface area contributed by atoms with Crippen molar-refractivity contribution in [1.29, 1.82) is 0 Å². The van der Waals surface area contributed by atoms with Crippen molar-refractivity contribution in [2.24, 2.45) is 0 Å². The first-order valence-corrected chi connectivity index (χ1v) is 35.9. The van der Waals surface area contributed by atoms with Crippen molar-refractivity contribution in [3.63, 3.8) is 0 Å². The molecule has 0 unspecified atom stereocenters. The molecule has 1 saturated carbocycles. The number of ether oxygens (including phenoxy) is 18. The molecule has 4 fully saturated rings. The van der Waals surface area contributed by atoms with Crippen LogP contribution in [0.15, 0.2) is 152 Å². The summed E-state index contributed by atoms with van der Waals surface area (Å²) in [5, 5.41) is 38.0. The lowest BCUT2D eigenvalue weighted by Gasteiger charge is -2.50. The maximum Gasteiger partial charge on any atom is 0.413 e. The Morgan fingerprint density at radius 2 is 0.765 bits per heavy atom. The number of carbonyl (C=O) groups is 13. The average Bonchev–Trinajstić information content (AvgIpc) is 1.75. The summed E-state index contributed by atoms with van der Waals surface area (Å²) in [6.07, 6.45) is -39.2. The lowest BCUT2D eigenvalue weighted by molar-refractivity contribution is -0.316. The largest absolute Gasteiger partial charge is 0.463 e. The van der Waals surface area contributed by atoms with Gasteiger partial charge in [-0.05, 0) is 67.1 Å². The lowest BCUT2D eigenvalue weighted by atomic mass is 9.82. The van der Waals surface area contributed by atoms with Crippen molar-refractivity contribution >= 4 is 78.2 Å². The monoisotopic (exact) mass is 1610 g/mol. The normalized spacial score (nSPS) is 26.3. The van der Waals surface area contributed by atoms with Crippen LogP contribution in [0.3, 0.4) is 0 Å². The highest BCUT2D eigenvalue weighted by Gasteiger charge is 2.60. The molecule has 39 heteroatoms. The number of carbonyl (C=O) groups excluding carboxylic acids is 13. The first-order chi connectivity index (χ1) is 55.1. The van der Waals surface area contributed by atoms with E-state index in [0.29, 0.717) is 0 Å². The molecular formula is C76H86N6O33. The van der Waals surface area contributed by atoms with E-state index in [0.717, 1.165) is 48.5 Å². The molecule has 1 aliphatic carbocycles. The van der Waals surface area contributed by atoms with E-state index in [9.17, 15) is 67.7 Å². The van der Waals surface area contributed by atoms with Crippen LogP contribution >= 0.6 is 0 Å². The zero-order chi connectivity index (χ0) is 82.8. The Kier molecular flexibility index (Phi) is 31.8. The molecule has 9 rings (SSSR count). The Labute approximate surface area is 655 Å². The van der Waals surface area contributed by atoms with Crippen molar-refractivity contribution < 1.29 is 158 Å². The molecule has 39 nitrogen and oxygen atoms in total. The summed E-state index contributed by atoms with van der Waals surface area (Å²) in [4.78, 5) is 178. The molecule has 4 aliphatic rings. The number of nitrogens with one attached hydrogen (secondary N) is 6. The fourth-order valence-electron chi connectivity index (χ4n) is 12.7. The minimum absolute atomic E-state index is 0.0407. The summed E-state index contributed by atoms with van der Waals surface area (Å²) in [5.41, 5.74) is 0. The van der Waals surface area contributed by atoms with Gasteiger partial charge in [-0.25, -0.2) is 24.0 Å². The van der Waals surface area contributed by atoms with E-state index in [1.165, 1.54) is 97.1 Å². The minimum Gasteiger partial charge on any atom is -0.463 e. The molecule has 3 aliphatic heterocycles. The van der Waals surface area contributed by atoms with Gasteiger partial charge in [0.05, 0.1) is 25.2 Å². The van der Waals surface area contributed by atoms with Gasteiger partial charge in [-0.15, -0.1) is 0 Å². The second kappa shape index (κ2) is 42.1. The zero-order valence-electron chi connectivity index (χ0n) is 62.8. The van der Waals surface area contributed by atoms with Gasteiger partial charge in [0.2, 0.25) is 0 Å². The molecule has 0 bridgehead atoms. The number of amides is 6. The van der Waals surface area contributed by atoms with Crippen LogP contribution in [-0.4, -0.2) is 237 Å². The van der Waals surface area contributed by atoms with Crippen LogP contribution in [-0.2, 0) is 99.9 Å². The van der Waals surface area contributed by atoms with Crippen molar-refractivity contribution in [1.82, 2.24) is 31.9 Å². The number of aliphatic hydroxyl groups is 2. The molecule has 3 saturated heterocycles. The predicted octanol–water partition coefficient (Wildman–Crippen LogP) is 3.15. The zero-order valence-corrected chi connectivity index (χ0v) is 62.8. The van der Waals surface area contributed by atoms with E-state index in [2.05, 4.69) is 31.9 Å². The Morgan fingerprint density at radius 1 is 0.383 bits per heavy atom. The van der Waals surface area contributed by atoms with Crippen LogP contribution in [0.5, 0.6) is 28.7 Å². The number of aliphatic hydroxyl groups excluding tert-OH is 2. The second-order valence-electron chi connectivity index (χ2n) is 25.9. The third kappa shape index (κ3) is 26.0. The van der Waals surface area contributed by atoms with Crippen LogP contribution in [0.4, 0.5) is 24.0 Å². The number of esters is 7. The van der Waals surface area contributed by atoms with Gasteiger partial charge in [0.15, 0.2) is 55.5 Å². The van der Waals surface area contributed by atoms with E-state index in [-0.39, 0.29) is 28.7 Å². The van der Waals surface area contributed by atoms with E-state index in [4.69, 9.17) is 85.3 Å². The third-order valence-electron chi connectivity index (χ3n) is 17.2. The number of hydrogen-bond donors (Lipinski definition) is 8. The molecule has 3 heterocycles. The standard InChI is InChI=1S/C76H86N6O33/c1-39(84)98-38-56-63(114-70-58(82-76(97)109-50-31-21-12-22-32-50)65(103-44(6)89)62(101-42(4)87)54(110-70)36-78-73(94)106-47-25-15-9-16-26-47)67(104-45(7)90)71(112-56)115-66-60(100-41(3)86)51(79-68(92)53(99-40(2)85)33-34-77-72(93)105-46-23-13-8-14-24-46)35-52(80-74(95)107-48-27-17-10-18-28-48)61(66)113-69-57(81-75(96)108-49-29-19-11-20-30-49)64(102-43(5)88)59(91)55(37-83)111-69/h8-32,51-67,69-71,83,91H,33-38H2,1-7H3,(H,77,93)(H,78,94)(H,79,92)(H,80,95)(H,81,96)(H,82,97)/t51-,52+,53-,54+,55-,56-,57-,58-,59-,60+,61-,62-,63-,64-,65-,66-,67-,69-,70-,71+/m1/s1. The average molecular weight is 1610 g/mol. The summed E-state index contributed by atoms with van der Waals surface area (Å²) in [5.74, 6) is -8.57. The van der Waals surface area contributed by atoms with Crippen LogP contribution in [0, 0.1) is 0 Å². The maximum absolute atomic E-state index is 15.1. The topological polar surface area (TPSA) is 501 Å². The summed E-state index contributed by atoms with van der Waals surface area (Å²) < 4.78 is 108. The van der Waals surface area contributed by atoms with E-state index < -0.39 is 240 Å². The third-order valence-corrected chi connectivity index (χ3v) is 17.2. The summed E-state index contributed by atoms with van der Waals surface area (Å²) in [6.45, 7) is 3.60. The minimum atomic E-state index is -2.28. The highest BCUT2D eigenvalue weighted by Crippen LogP contribution is 2.40. The first kappa shape index (κ1) is 86.9. The highest BCUT2D eigenvalue weighted by molar-refractivity contribution is 5.84. The lowest BCUT2D eigenvalue weighted by Crippen LogP contribution is -2.71. The molecule has 115 heavy (non-hydrogen) atoms. The molecule has 5 aromatic carbocycles. The van der Waals surface area contributed by atoms with Crippen LogP contribution in [0.2, 0.25) is 0 Å². The van der Waals surface area contributed by atoms with Gasteiger partial charge in [-0.1, -0.05) is 91.0 Å². The number of rotatable bonds is 30. The smallest absolute Gasteiger partial charge is 0.413 e. The molecule has 0 aromatic heterocycles. The molecule has 20 atom stereocenters. The fraction of sp³-hybridized carbons (Fsp3) is 0.434. The Bertz CT molecular complexity index is 4140.